The van der Waals surface area contributed by atoms with Gasteiger partial charge in [-0.3, -0.25) is 4.79 Å². The molecule has 1 N–H and O–H groups in total. The third-order valence-electron chi connectivity index (χ3n) is 4.90. The maximum absolute atomic E-state index is 12.4. The Hall–Kier alpha value is -3.08. The Morgan fingerprint density at radius 1 is 1.11 bits per heavy atom. The molecule has 0 aliphatic heterocycles. The highest BCUT2D eigenvalue weighted by Crippen LogP contribution is 2.28. The quantitative estimate of drug-likeness (QED) is 0.646. The topological polar surface area (TPSA) is 68.5 Å². The molecule has 1 atom stereocenters. The van der Waals surface area contributed by atoms with E-state index in [0.29, 0.717) is 16.9 Å². The third-order valence-corrected chi connectivity index (χ3v) is 4.90. The lowest BCUT2D eigenvalue weighted by molar-refractivity contribution is -0.123. The molecule has 0 aliphatic carbocycles. The third kappa shape index (κ3) is 4.25. The van der Waals surface area contributed by atoms with Crippen molar-refractivity contribution >= 4 is 16.9 Å². The second-order valence-electron chi connectivity index (χ2n) is 7.04. The van der Waals surface area contributed by atoms with E-state index in [1.165, 1.54) is 11.6 Å². The van der Waals surface area contributed by atoms with Gasteiger partial charge in [0.1, 0.15) is 11.3 Å². The summed E-state index contributed by atoms with van der Waals surface area (Å²) in [5, 5.41) is 3.87. The van der Waals surface area contributed by atoms with Crippen LogP contribution in [-0.4, -0.2) is 12.5 Å². The van der Waals surface area contributed by atoms with Gasteiger partial charge in [-0.25, -0.2) is 4.79 Å². The summed E-state index contributed by atoms with van der Waals surface area (Å²) in [5.41, 5.74) is 3.91. The number of hydrogen-bond donors (Lipinski definition) is 1. The summed E-state index contributed by atoms with van der Waals surface area (Å²) >= 11 is 0. The molecule has 28 heavy (non-hydrogen) atoms. The molecule has 3 rings (SSSR count). The molecule has 0 fully saturated rings. The van der Waals surface area contributed by atoms with E-state index in [0.717, 1.165) is 22.9 Å². The Bertz CT molecular complexity index is 1050. The summed E-state index contributed by atoms with van der Waals surface area (Å²) in [6.07, 6.45) is 0.786. The van der Waals surface area contributed by atoms with Crippen LogP contribution in [-0.2, 0) is 4.79 Å². The number of nitrogens with one attached hydrogen (secondary N) is 1. The number of carbonyl (C=O) groups excluding carboxylic acids is 1. The van der Waals surface area contributed by atoms with E-state index in [-0.39, 0.29) is 18.6 Å². The van der Waals surface area contributed by atoms with Gasteiger partial charge in [-0.2, -0.15) is 0 Å². The van der Waals surface area contributed by atoms with Crippen molar-refractivity contribution in [2.24, 2.45) is 0 Å². The van der Waals surface area contributed by atoms with E-state index in [9.17, 15) is 9.59 Å². The van der Waals surface area contributed by atoms with E-state index >= 15 is 0 Å². The van der Waals surface area contributed by atoms with Crippen molar-refractivity contribution in [1.82, 2.24) is 5.32 Å². The van der Waals surface area contributed by atoms with Crippen molar-refractivity contribution in [3.8, 4) is 5.75 Å². The molecule has 0 aliphatic rings. The van der Waals surface area contributed by atoms with Crippen LogP contribution in [0.5, 0.6) is 5.75 Å². The van der Waals surface area contributed by atoms with E-state index in [1.807, 2.05) is 58.0 Å². The van der Waals surface area contributed by atoms with Gasteiger partial charge in [-0.1, -0.05) is 36.8 Å². The zero-order chi connectivity index (χ0) is 20.3. The minimum Gasteiger partial charge on any atom is -0.483 e. The molecule has 3 aromatic rings. The highest BCUT2D eigenvalue weighted by molar-refractivity contribution is 5.85. The van der Waals surface area contributed by atoms with Crippen LogP contribution < -0.4 is 15.7 Å². The monoisotopic (exact) mass is 379 g/mol. The molecule has 0 spiro atoms. The number of ether oxygens (including phenoxy) is 1. The molecule has 1 aromatic heterocycles. The standard InChI is InChI=1S/C23H25NO4/c1-5-19(17-8-6-14(2)7-9-17)24-21(25)13-27-20-11-10-18-15(3)12-22(26)28-23(18)16(20)4/h6-12,19H,5,13H2,1-4H3,(H,24,25)/t19-/m0/s1. The highest BCUT2D eigenvalue weighted by Gasteiger charge is 2.15. The number of carbonyl (C=O) groups is 1. The van der Waals surface area contributed by atoms with Gasteiger partial charge in [-0.05, 0) is 50.5 Å². The molecule has 1 amide bonds. The Morgan fingerprint density at radius 2 is 1.82 bits per heavy atom. The highest BCUT2D eigenvalue weighted by atomic mass is 16.5. The normalized spacial score (nSPS) is 12.0. The van der Waals surface area contributed by atoms with Gasteiger partial charge in [-0.15, -0.1) is 0 Å². The fourth-order valence-corrected chi connectivity index (χ4v) is 3.26. The summed E-state index contributed by atoms with van der Waals surface area (Å²) in [6, 6.07) is 13.2. The zero-order valence-corrected chi connectivity index (χ0v) is 16.7. The molecular formula is C23H25NO4. The number of hydrogen-bond acceptors (Lipinski definition) is 4. The molecular weight excluding hydrogens is 354 g/mol. The SMILES string of the molecule is CC[C@H](NC(=O)COc1ccc2c(C)cc(=O)oc2c1C)c1ccc(C)cc1. The van der Waals surface area contributed by atoms with Gasteiger partial charge in [0, 0.05) is 17.0 Å². The van der Waals surface area contributed by atoms with E-state index in [1.54, 1.807) is 6.07 Å². The van der Waals surface area contributed by atoms with Crippen LogP contribution in [0.25, 0.3) is 11.0 Å². The Kier molecular flexibility index (Phi) is 5.83. The summed E-state index contributed by atoms with van der Waals surface area (Å²) in [5.74, 6) is 0.331. The number of aryl methyl sites for hydroxylation is 3. The van der Waals surface area contributed by atoms with Crippen LogP contribution in [0.4, 0.5) is 0 Å². The molecule has 2 aromatic carbocycles. The van der Waals surface area contributed by atoms with Crippen molar-refractivity contribution in [3.05, 3.63) is 75.1 Å². The van der Waals surface area contributed by atoms with Crippen molar-refractivity contribution in [1.29, 1.82) is 0 Å². The van der Waals surface area contributed by atoms with Crippen LogP contribution in [0, 0.1) is 20.8 Å². The minimum atomic E-state index is -0.396. The second-order valence-corrected chi connectivity index (χ2v) is 7.04. The Balaban J connectivity index is 1.71. The van der Waals surface area contributed by atoms with Gasteiger partial charge >= 0.3 is 5.63 Å². The lowest BCUT2D eigenvalue weighted by Gasteiger charge is -2.18. The first-order valence-corrected chi connectivity index (χ1v) is 9.41. The summed E-state index contributed by atoms with van der Waals surface area (Å²) in [6.45, 7) is 7.64. The fraction of sp³-hybridized carbons (Fsp3) is 0.304. The van der Waals surface area contributed by atoms with Gasteiger partial charge < -0.3 is 14.5 Å². The van der Waals surface area contributed by atoms with Crippen LogP contribution >= 0.6 is 0 Å². The van der Waals surface area contributed by atoms with Crippen molar-refractivity contribution in [3.63, 3.8) is 0 Å². The smallest absolute Gasteiger partial charge is 0.336 e. The predicted octanol–water partition coefficient (Wildman–Crippen LogP) is 4.36. The van der Waals surface area contributed by atoms with Crippen LogP contribution in [0.1, 0.15) is 41.6 Å². The van der Waals surface area contributed by atoms with Crippen molar-refractivity contribution < 1.29 is 13.9 Å². The van der Waals surface area contributed by atoms with Gasteiger partial charge in [0.25, 0.3) is 5.91 Å². The van der Waals surface area contributed by atoms with E-state index in [4.69, 9.17) is 9.15 Å². The van der Waals surface area contributed by atoms with Gasteiger partial charge in [0.2, 0.25) is 0 Å². The van der Waals surface area contributed by atoms with Gasteiger partial charge in [0.15, 0.2) is 6.61 Å². The number of amides is 1. The molecule has 146 valence electrons. The molecule has 0 radical (unpaired) electrons. The predicted molar refractivity (Wildman–Crippen MR) is 110 cm³/mol. The molecule has 5 nitrogen and oxygen atoms in total. The van der Waals surface area contributed by atoms with E-state index < -0.39 is 5.63 Å². The first-order valence-electron chi connectivity index (χ1n) is 9.41. The maximum atomic E-state index is 12.4. The van der Waals surface area contributed by atoms with E-state index in [2.05, 4.69) is 5.32 Å². The van der Waals surface area contributed by atoms with Crippen LogP contribution in [0.15, 0.2) is 51.7 Å². The average molecular weight is 379 g/mol. The summed E-state index contributed by atoms with van der Waals surface area (Å²) in [7, 11) is 0. The molecule has 1 heterocycles. The summed E-state index contributed by atoms with van der Waals surface area (Å²) < 4.78 is 11.0. The van der Waals surface area contributed by atoms with Crippen LogP contribution in [0.3, 0.4) is 0 Å². The molecule has 5 heteroatoms. The molecule has 0 bridgehead atoms. The Morgan fingerprint density at radius 3 is 2.50 bits per heavy atom. The largest absolute Gasteiger partial charge is 0.483 e. The lowest BCUT2D eigenvalue weighted by Crippen LogP contribution is -2.32. The molecule has 0 unspecified atom stereocenters. The zero-order valence-electron chi connectivity index (χ0n) is 16.7. The first-order chi connectivity index (χ1) is 13.4. The Labute approximate surface area is 164 Å². The van der Waals surface area contributed by atoms with Gasteiger partial charge in [0.05, 0.1) is 6.04 Å². The lowest BCUT2D eigenvalue weighted by atomic mass is 10.0. The average Bonchev–Trinajstić information content (AvgIpc) is 2.67. The van der Waals surface area contributed by atoms with Crippen LogP contribution in [0.2, 0.25) is 0 Å². The fourth-order valence-electron chi connectivity index (χ4n) is 3.26. The minimum absolute atomic E-state index is 0.0601. The first kappa shape index (κ1) is 19.7. The maximum Gasteiger partial charge on any atom is 0.336 e. The second kappa shape index (κ2) is 8.30. The molecule has 0 saturated carbocycles. The number of fused-ring (bicyclic) bond motifs is 1. The summed E-state index contributed by atoms with van der Waals surface area (Å²) in [4.78, 5) is 24.1. The number of benzene rings is 2. The number of rotatable bonds is 6. The van der Waals surface area contributed by atoms with Crippen molar-refractivity contribution in [2.45, 2.75) is 40.2 Å². The van der Waals surface area contributed by atoms with Crippen molar-refractivity contribution in [2.75, 3.05) is 6.61 Å². The molecule has 0 saturated heterocycles.